The van der Waals surface area contributed by atoms with E-state index < -0.39 is 0 Å². The van der Waals surface area contributed by atoms with Gasteiger partial charge in [-0.1, -0.05) is 42.5 Å². The maximum Gasteiger partial charge on any atom is 0.258 e. The zero-order chi connectivity index (χ0) is 17.8. The first kappa shape index (κ1) is 17.1. The average molecular weight is 351 g/mol. The molecule has 1 spiro atoms. The third kappa shape index (κ3) is 3.61. The molecule has 136 valence electrons. The molecule has 1 unspecified atom stereocenters. The number of ether oxygens (including phenoxy) is 2. The zero-order valence-electron chi connectivity index (χ0n) is 14.9. The van der Waals surface area contributed by atoms with Crippen molar-refractivity contribution in [1.82, 2.24) is 5.32 Å². The van der Waals surface area contributed by atoms with Gasteiger partial charge in [-0.05, 0) is 54.4 Å². The highest BCUT2D eigenvalue weighted by molar-refractivity contribution is 5.78. The Morgan fingerprint density at radius 1 is 1.00 bits per heavy atom. The molecule has 4 nitrogen and oxygen atoms in total. The normalized spacial score (nSPS) is 21.0. The third-order valence-corrected chi connectivity index (χ3v) is 5.83. The Hall–Kier alpha value is -2.33. The predicted molar refractivity (Wildman–Crippen MR) is 101 cm³/mol. The fourth-order valence-electron chi connectivity index (χ4n) is 4.06. The van der Waals surface area contributed by atoms with Gasteiger partial charge in [-0.15, -0.1) is 0 Å². The summed E-state index contributed by atoms with van der Waals surface area (Å²) < 4.78 is 11.1. The molecule has 1 aliphatic carbocycles. The number of hydrogen-bond acceptors (Lipinski definition) is 3. The van der Waals surface area contributed by atoms with Crippen molar-refractivity contribution < 1.29 is 14.3 Å². The lowest BCUT2D eigenvalue weighted by atomic mass is 9.60. The van der Waals surface area contributed by atoms with Gasteiger partial charge in [0.1, 0.15) is 5.75 Å². The summed E-state index contributed by atoms with van der Waals surface area (Å²) in [5.41, 5.74) is 2.58. The van der Waals surface area contributed by atoms with Gasteiger partial charge in [0.2, 0.25) is 0 Å². The van der Waals surface area contributed by atoms with E-state index in [1.165, 1.54) is 12.0 Å². The van der Waals surface area contributed by atoms with Gasteiger partial charge in [0.15, 0.2) is 6.61 Å². The minimum atomic E-state index is -0.0345. The van der Waals surface area contributed by atoms with E-state index in [1.807, 2.05) is 42.5 Å². The van der Waals surface area contributed by atoms with Crippen molar-refractivity contribution in [2.24, 2.45) is 5.41 Å². The molecule has 1 saturated carbocycles. The Morgan fingerprint density at radius 2 is 1.69 bits per heavy atom. The van der Waals surface area contributed by atoms with E-state index in [0.29, 0.717) is 5.75 Å². The van der Waals surface area contributed by atoms with Gasteiger partial charge in [-0.25, -0.2) is 0 Å². The van der Waals surface area contributed by atoms with E-state index in [2.05, 4.69) is 17.4 Å². The summed E-state index contributed by atoms with van der Waals surface area (Å²) in [7, 11) is 0. The van der Waals surface area contributed by atoms with Gasteiger partial charge in [-0.2, -0.15) is 0 Å². The van der Waals surface area contributed by atoms with E-state index in [0.717, 1.165) is 38.0 Å². The SMILES string of the molecule is O=C(COc1ccc(-c2ccccc2)cc1)NC1CCC12CCOCC2. The van der Waals surface area contributed by atoms with Gasteiger partial charge in [0.25, 0.3) is 5.91 Å². The maximum atomic E-state index is 12.3. The first-order valence-corrected chi connectivity index (χ1v) is 9.41. The molecule has 2 aliphatic rings. The molecule has 4 rings (SSSR count). The summed E-state index contributed by atoms with van der Waals surface area (Å²) in [5, 5.41) is 3.16. The Bertz CT molecular complexity index is 736. The van der Waals surface area contributed by atoms with Crippen LogP contribution in [0.1, 0.15) is 25.7 Å². The van der Waals surface area contributed by atoms with Gasteiger partial charge in [0.05, 0.1) is 0 Å². The Balaban J connectivity index is 1.28. The molecule has 26 heavy (non-hydrogen) atoms. The van der Waals surface area contributed by atoms with Crippen molar-refractivity contribution in [3.63, 3.8) is 0 Å². The second kappa shape index (κ2) is 7.50. The van der Waals surface area contributed by atoms with Crippen LogP contribution in [0.15, 0.2) is 54.6 Å². The number of benzene rings is 2. The van der Waals surface area contributed by atoms with E-state index in [1.54, 1.807) is 0 Å². The van der Waals surface area contributed by atoms with Gasteiger partial charge >= 0.3 is 0 Å². The minimum absolute atomic E-state index is 0.0345. The van der Waals surface area contributed by atoms with Crippen molar-refractivity contribution in [1.29, 1.82) is 0 Å². The van der Waals surface area contributed by atoms with E-state index in [-0.39, 0.29) is 24.0 Å². The highest BCUT2D eigenvalue weighted by Gasteiger charge is 2.47. The van der Waals surface area contributed by atoms with Crippen molar-refractivity contribution in [2.45, 2.75) is 31.7 Å². The zero-order valence-corrected chi connectivity index (χ0v) is 14.9. The molecular formula is C22H25NO3. The largest absolute Gasteiger partial charge is 0.484 e. The van der Waals surface area contributed by atoms with Crippen molar-refractivity contribution >= 4 is 5.91 Å². The number of rotatable bonds is 5. The van der Waals surface area contributed by atoms with Crippen LogP contribution >= 0.6 is 0 Å². The molecule has 1 N–H and O–H groups in total. The van der Waals surface area contributed by atoms with Crippen molar-refractivity contribution in [3.05, 3.63) is 54.6 Å². The second-order valence-electron chi connectivity index (χ2n) is 7.31. The topological polar surface area (TPSA) is 47.6 Å². The summed E-state index contributed by atoms with van der Waals surface area (Å²) in [5.74, 6) is 0.682. The van der Waals surface area contributed by atoms with E-state index in [9.17, 15) is 4.79 Å². The molecule has 2 aromatic rings. The maximum absolute atomic E-state index is 12.3. The average Bonchev–Trinajstić information content (AvgIpc) is 2.71. The summed E-state index contributed by atoms with van der Waals surface area (Å²) in [6.45, 7) is 1.70. The Morgan fingerprint density at radius 3 is 2.35 bits per heavy atom. The van der Waals surface area contributed by atoms with Crippen LogP contribution in [-0.2, 0) is 9.53 Å². The Kier molecular flexibility index (Phi) is 4.93. The third-order valence-electron chi connectivity index (χ3n) is 5.83. The van der Waals surface area contributed by atoms with Crippen molar-refractivity contribution in [3.8, 4) is 16.9 Å². The number of nitrogens with one attached hydrogen (secondary N) is 1. The molecule has 1 heterocycles. The lowest BCUT2D eigenvalue weighted by molar-refractivity contribution is -0.129. The standard InChI is InChI=1S/C22H25NO3/c24-21(23-20-10-11-22(20)12-14-25-15-13-22)16-26-19-8-6-18(7-9-19)17-4-2-1-3-5-17/h1-9,20H,10-16H2,(H,23,24). The molecular weight excluding hydrogens is 326 g/mol. The number of carbonyl (C=O) groups is 1. The number of amides is 1. The lowest BCUT2D eigenvalue weighted by Crippen LogP contribution is -2.57. The summed E-state index contributed by atoms with van der Waals surface area (Å²) in [6, 6.07) is 18.4. The van der Waals surface area contributed by atoms with E-state index in [4.69, 9.17) is 9.47 Å². The van der Waals surface area contributed by atoms with Gasteiger partial charge in [-0.3, -0.25) is 4.79 Å². The molecule has 1 saturated heterocycles. The van der Waals surface area contributed by atoms with Crippen LogP contribution in [0, 0.1) is 5.41 Å². The van der Waals surface area contributed by atoms with Crippen LogP contribution in [0.5, 0.6) is 5.75 Å². The highest BCUT2D eigenvalue weighted by atomic mass is 16.5. The van der Waals surface area contributed by atoms with Crippen LogP contribution in [0.2, 0.25) is 0 Å². The second-order valence-corrected chi connectivity index (χ2v) is 7.31. The molecule has 0 bridgehead atoms. The monoisotopic (exact) mass is 351 g/mol. The van der Waals surface area contributed by atoms with Crippen LogP contribution < -0.4 is 10.1 Å². The predicted octanol–water partition coefficient (Wildman–Crippen LogP) is 3.81. The van der Waals surface area contributed by atoms with Gasteiger partial charge < -0.3 is 14.8 Å². The summed E-state index contributed by atoms with van der Waals surface area (Å²) in [6.07, 6.45) is 4.38. The molecule has 1 amide bonds. The molecule has 1 atom stereocenters. The molecule has 2 aromatic carbocycles. The smallest absolute Gasteiger partial charge is 0.258 e. The first-order valence-electron chi connectivity index (χ1n) is 9.41. The van der Waals surface area contributed by atoms with Crippen LogP contribution in [0.3, 0.4) is 0 Å². The lowest BCUT2D eigenvalue weighted by Gasteiger charge is -2.52. The fourth-order valence-corrected chi connectivity index (χ4v) is 4.06. The molecule has 0 radical (unpaired) electrons. The highest BCUT2D eigenvalue weighted by Crippen LogP contribution is 2.48. The summed E-state index contributed by atoms with van der Waals surface area (Å²) >= 11 is 0. The first-order chi connectivity index (χ1) is 12.8. The molecule has 0 aromatic heterocycles. The van der Waals surface area contributed by atoms with E-state index >= 15 is 0 Å². The quantitative estimate of drug-likeness (QED) is 0.891. The molecule has 4 heteroatoms. The molecule has 2 fully saturated rings. The van der Waals surface area contributed by atoms with Crippen LogP contribution in [-0.4, -0.2) is 31.8 Å². The van der Waals surface area contributed by atoms with Crippen molar-refractivity contribution in [2.75, 3.05) is 19.8 Å². The number of carbonyl (C=O) groups excluding carboxylic acids is 1. The fraction of sp³-hybridized carbons (Fsp3) is 0.409. The number of hydrogen-bond donors (Lipinski definition) is 1. The van der Waals surface area contributed by atoms with Gasteiger partial charge in [0, 0.05) is 19.3 Å². The molecule has 1 aliphatic heterocycles. The summed E-state index contributed by atoms with van der Waals surface area (Å²) in [4.78, 5) is 12.3. The van der Waals surface area contributed by atoms with Crippen LogP contribution in [0.4, 0.5) is 0 Å². The van der Waals surface area contributed by atoms with Crippen LogP contribution in [0.25, 0.3) is 11.1 Å². The minimum Gasteiger partial charge on any atom is -0.484 e. The Labute approximate surface area is 154 Å².